The number of aryl methyl sites for hydroxylation is 1. The van der Waals surface area contributed by atoms with Crippen molar-refractivity contribution in [1.82, 2.24) is 14.5 Å². The van der Waals surface area contributed by atoms with Gasteiger partial charge in [0.1, 0.15) is 17.2 Å². The number of para-hydroxylation sites is 1. The van der Waals surface area contributed by atoms with Crippen LogP contribution in [0.15, 0.2) is 47.4 Å². The largest absolute Gasteiger partial charge is 0.384 e. The van der Waals surface area contributed by atoms with Crippen LogP contribution in [-0.2, 0) is 34.1 Å². The molecule has 4 rings (SSSR count). The summed E-state index contributed by atoms with van der Waals surface area (Å²) in [5.41, 5.74) is 8.66. The first-order valence-electron chi connectivity index (χ1n) is 10.6. The summed E-state index contributed by atoms with van der Waals surface area (Å²) in [6.07, 6.45) is 2.08. The minimum atomic E-state index is -4.00. The minimum absolute atomic E-state index is 0.119. The van der Waals surface area contributed by atoms with Gasteiger partial charge in [-0.2, -0.15) is 0 Å². The molecule has 0 aliphatic heterocycles. The van der Waals surface area contributed by atoms with E-state index >= 15 is 0 Å². The van der Waals surface area contributed by atoms with Crippen molar-refractivity contribution in [3.8, 4) is 0 Å². The van der Waals surface area contributed by atoms with Crippen LogP contribution in [0.4, 0.5) is 10.2 Å². The lowest BCUT2D eigenvalue weighted by Gasteiger charge is -2.12. The number of unbranched alkanes of at least 4 members (excludes halogenated alkanes) is 1. The highest BCUT2D eigenvalue weighted by Gasteiger charge is 2.19. The lowest BCUT2D eigenvalue weighted by Crippen LogP contribution is -2.15. The fourth-order valence-electron chi connectivity index (χ4n) is 4.15. The highest BCUT2D eigenvalue weighted by Crippen LogP contribution is 2.29. The van der Waals surface area contributed by atoms with E-state index in [9.17, 15) is 12.8 Å². The molecule has 33 heavy (non-hydrogen) atoms. The Kier molecular flexibility index (Phi) is 6.59. The van der Waals surface area contributed by atoms with Crippen LogP contribution in [-0.4, -0.2) is 36.7 Å². The number of sulfonamides is 1. The molecule has 2 aromatic heterocycles. The molecule has 0 bridgehead atoms. The molecule has 4 N–H and O–H groups in total. The average molecular weight is 472 g/mol. The summed E-state index contributed by atoms with van der Waals surface area (Å²) in [5, 5.41) is 6.21. The van der Waals surface area contributed by atoms with Gasteiger partial charge in [0.05, 0.1) is 22.5 Å². The Morgan fingerprint density at radius 2 is 1.85 bits per heavy atom. The summed E-state index contributed by atoms with van der Waals surface area (Å²) in [4.78, 5) is 9.05. The van der Waals surface area contributed by atoms with Gasteiger partial charge in [-0.1, -0.05) is 24.3 Å². The van der Waals surface area contributed by atoms with Crippen molar-refractivity contribution in [2.45, 2.75) is 37.1 Å². The Balaban J connectivity index is 1.64. The smallest absolute Gasteiger partial charge is 0.238 e. The van der Waals surface area contributed by atoms with Gasteiger partial charge in [-0.05, 0) is 37.5 Å². The maximum Gasteiger partial charge on any atom is 0.238 e. The Hall–Kier alpha value is -3.08. The van der Waals surface area contributed by atoms with E-state index in [0.29, 0.717) is 43.7 Å². The van der Waals surface area contributed by atoms with Crippen LogP contribution >= 0.6 is 0 Å². The van der Waals surface area contributed by atoms with Gasteiger partial charge < -0.3 is 15.0 Å². The predicted octanol–water partition coefficient (Wildman–Crippen LogP) is 3.17. The Morgan fingerprint density at radius 3 is 2.61 bits per heavy atom. The minimum Gasteiger partial charge on any atom is -0.384 e. The van der Waals surface area contributed by atoms with Gasteiger partial charge in [-0.15, -0.1) is 0 Å². The van der Waals surface area contributed by atoms with Crippen molar-refractivity contribution in [3.05, 3.63) is 59.7 Å². The molecule has 0 saturated carbocycles. The van der Waals surface area contributed by atoms with Crippen LogP contribution in [0.3, 0.4) is 0 Å². The zero-order chi connectivity index (χ0) is 23.6. The number of nitrogens with two attached hydrogens (primary N) is 2. The van der Waals surface area contributed by atoms with Crippen molar-refractivity contribution in [3.63, 3.8) is 0 Å². The van der Waals surface area contributed by atoms with Gasteiger partial charge in [0.25, 0.3) is 0 Å². The number of halogens is 1. The number of nitrogen functional groups attached to an aromatic ring is 1. The molecule has 0 radical (unpaired) electrons. The molecular formula is C23H26FN5O3S. The summed E-state index contributed by atoms with van der Waals surface area (Å²) in [5.74, 6) is 0.623. The van der Waals surface area contributed by atoms with Gasteiger partial charge in [0, 0.05) is 31.0 Å². The number of imidazole rings is 1. The number of rotatable bonds is 9. The number of ether oxygens (including phenoxy) is 1. The molecule has 2 aromatic carbocycles. The second kappa shape index (κ2) is 9.42. The van der Waals surface area contributed by atoms with Crippen LogP contribution in [0.1, 0.15) is 24.2 Å². The second-order valence-corrected chi connectivity index (χ2v) is 9.38. The van der Waals surface area contributed by atoms with Gasteiger partial charge in [0.15, 0.2) is 5.82 Å². The summed E-state index contributed by atoms with van der Waals surface area (Å²) in [6.45, 7) is 1.10. The average Bonchev–Trinajstić information content (AvgIpc) is 3.14. The normalized spacial score (nSPS) is 12.1. The number of fused-ring (bicyclic) bond motifs is 3. The first kappa shape index (κ1) is 23.1. The van der Waals surface area contributed by atoms with Crippen molar-refractivity contribution in [1.29, 1.82) is 0 Å². The Morgan fingerprint density at radius 1 is 1.06 bits per heavy atom. The SMILES string of the molecule is COCCc1nc2c(N)nc3ccccc3c2n1CCCCc1c(F)cccc1S(N)(=O)=O. The van der Waals surface area contributed by atoms with Crippen LogP contribution in [0.25, 0.3) is 21.9 Å². The highest BCUT2D eigenvalue weighted by molar-refractivity contribution is 7.89. The van der Waals surface area contributed by atoms with E-state index in [4.69, 9.17) is 20.6 Å². The fourth-order valence-corrected chi connectivity index (χ4v) is 4.96. The summed E-state index contributed by atoms with van der Waals surface area (Å²) in [7, 11) is -2.37. The van der Waals surface area contributed by atoms with Gasteiger partial charge in [0.2, 0.25) is 10.0 Å². The molecule has 0 aliphatic rings. The number of nitrogens with zero attached hydrogens (tertiary/aromatic N) is 3. The van der Waals surface area contributed by atoms with Crippen LogP contribution < -0.4 is 10.9 Å². The third-order valence-corrected chi connectivity index (χ3v) is 6.66. The molecule has 0 spiro atoms. The number of hydrogen-bond donors (Lipinski definition) is 2. The third kappa shape index (κ3) is 4.68. The monoisotopic (exact) mass is 471 g/mol. The lowest BCUT2D eigenvalue weighted by molar-refractivity contribution is 0.199. The zero-order valence-corrected chi connectivity index (χ0v) is 19.1. The van der Waals surface area contributed by atoms with Gasteiger partial charge >= 0.3 is 0 Å². The number of anilines is 1. The summed E-state index contributed by atoms with van der Waals surface area (Å²) in [6, 6.07) is 11.7. The molecule has 10 heteroatoms. The van der Waals surface area contributed by atoms with Crippen LogP contribution in [0.2, 0.25) is 0 Å². The molecule has 0 unspecified atom stereocenters. The molecule has 174 valence electrons. The topological polar surface area (TPSA) is 126 Å². The van der Waals surface area contributed by atoms with Gasteiger partial charge in [-0.3, -0.25) is 0 Å². The first-order chi connectivity index (χ1) is 15.8. The van der Waals surface area contributed by atoms with Crippen LogP contribution in [0, 0.1) is 5.82 Å². The van der Waals surface area contributed by atoms with Crippen molar-refractivity contribution in [2.24, 2.45) is 5.14 Å². The molecule has 0 atom stereocenters. The fraction of sp³-hybridized carbons (Fsp3) is 0.304. The predicted molar refractivity (Wildman–Crippen MR) is 126 cm³/mol. The highest BCUT2D eigenvalue weighted by atomic mass is 32.2. The zero-order valence-electron chi connectivity index (χ0n) is 18.3. The van der Waals surface area contributed by atoms with Crippen molar-refractivity contribution < 1.29 is 17.5 Å². The molecule has 0 aliphatic carbocycles. The molecule has 4 aromatic rings. The van der Waals surface area contributed by atoms with Crippen molar-refractivity contribution in [2.75, 3.05) is 19.5 Å². The maximum atomic E-state index is 14.3. The number of pyridine rings is 1. The summed E-state index contributed by atoms with van der Waals surface area (Å²) >= 11 is 0. The number of benzene rings is 2. The van der Waals surface area contributed by atoms with E-state index < -0.39 is 15.8 Å². The molecule has 8 nitrogen and oxygen atoms in total. The molecule has 2 heterocycles. The Labute approximate surface area is 191 Å². The van der Waals surface area contributed by atoms with Gasteiger partial charge in [-0.25, -0.2) is 27.9 Å². The van der Waals surface area contributed by atoms with Crippen LogP contribution in [0.5, 0.6) is 0 Å². The number of primary sulfonamides is 1. The number of hydrogen-bond acceptors (Lipinski definition) is 6. The van der Waals surface area contributed by atoms with E-state index in [1.165, 1.54) is 18.2 Å². The van der Waals surface area contributed by atoms with E-state index in [0.717, 1.165) is 22.2 Å². The molecule has 0 amide bonds. The van der Waals surface area contributed by atoms with E-state index in [-0.39, 0.29) is 16.9 Å². The summed E-state index contributed by atoms with van der Waals surface area (Å²) < 4.78 is 45.4. The standard InChI is InChI=1S/C23H26FN5O3S/c1-32-14-12-20-28-21-22(16-8-2-3-10-18(16)27-23(21)25)29(20)13-5-4-7-15-17(24)9-6-11-19(15)33(26,30)31/h2-3,6,8-11H,4-5,7,12-14H2,1H3,(H2,25,27)(H2,26,30,31). The third-order valence-electron chi connectivity index (χ3n) is 5.66. The first-order valence-corrected chi connectivity index (χ1v) is 12.2. The molecule has 0 fully saturated rings. The van der Waals surface area contributed by atoms with E-state index in [1.807, 2.05) is 24.3 Å². The Bertz CT molecular complexity index is 1420. The lowest BCUT2D eigenvalue weighted by atomic mass is 10.1. The van der Waals surface area contributed by atoms with E-state index in [2.05, 4.69) is 9.55 Å². The quantitative estimate of drug-likeness (QED) is 0.361. The second-order valence-electron chi connectivity index (χ2n) is 7.85. The number of aromatic nitrogens is 3. The molecular weight excluding hydrogens is 445 g/mol. The van der Waals surface area contributed by atoms with E-state index in [1.54, 1.807) is 7.11 Å². The molecule has 0 saturated heterocycles. The van der Waals surface area contributed by atoms with Crippen molar-refractivity contribution >= 4 is 37.8 Å². The number of methoxy groups -OCH3 is 1. The maximum absolute atomic E-state index is 14.3.